The topological polar surface area (TPSA) is 32.3 Å². The van der Waals surface area contributed by atoms with Crippen molar-refractivity contribution in [2.24, 2.45) is 11.8 Å². The summed E-state index contributed by atoms with van der Waals surface area (Å²) in [4.78, 5) is 14.7. The van der Waals surface area contributed by atoms with Crippen LogP contribution in [0.4, 0.5) is 0 Å². The van der Waals surface area contributed by atoms with E-state index in [4.69, 9.17) is 11.6 Å². The van der Waals surface area contributed by atoms with Crippen molar-refractivity contribution in [1.29, 1.82) is 0 Å². The number of carbonyl (C=O) groups is 1. The molecule has 102 valence electrons. The number of carbonyl (C=O) groups excluding carboxylic acids is 1. The molecule has 3 unspecified atom stereocenters. The van der Waals surface area contributed by atoms with Crippen molar-refractivity contribution < 1.29 is 4.79 Å². The molecule has 1 N–H and O–H groups in total. The summed E-state index contributed by atoms with van der Waals surface area (Å²) in [5, 5.41) is 4.05. The monoisotopic (exact) mass is 278 g/mol. The largest absolute Gasteiger partial charge is 0.335 e. The molecule has 4 heteroatoms. The van der Waals surface area contributed by atoms with Crippen LogP contribution in [0.25, 0.3) is 0 Å². The van der Waals surface area contributed by atoms with Crippen molar-refractivity contribution in [3.05, 3.63) is 34.3 Å². The lowest BCUT2D eigenvalue weighted by Crippen LogP contribution is -2.38. The number of rotatable bonds is 1. The van der Waals surface area contributed by atoms with Crippen LogP contribution in [0.15, 0.2) is 18.2 Å². The molecule has 19 heavy (non-hydrogen) atoms. The molecule has 3 rings (SSSR count). The molecule has 2 aliphatic rings. The number of hydrogen-bond donors (Lipinski definition) is 1. The van der Waals surface area contributed by atoms with Gasteiger partial charge in [0.2, 0.25) is 0 Å². The second-order valence-corrected chi connectivity index (χ2v) is 6.23. The second-order valence-electron chi connectivity index (χ2n) is 5.80. The third kappa shape index (κ3) is 2.26. The van der Waals surface area contributed by atoms with E-state index in [-0.39, 0.29) is 5.91 Å². The molecule has 1 aromatic carbocycles. The van der Waals surface area contributed by atoms with Gasteiger partial charge in [0.1, 0.15) is 0 Å². The lowest BCUT2D eigenvalue weighted by molar-refractivity contribution is 0.0728. The van der Waals surface area contributed by atoms with Gasteiger partial charge in [-0.15, -0.1) is 0 Å². The maximum Gasteiger partial charge on any atom is 0.254 e. The first kappa shape index (κ1) is 12.9. The minimum absolute atomic E-state index is 0.118. The van der Waals surface area contributed by atoms with Crippen molar-refractivity contribution in [2.45, 2.75) is 19.9 Å². The van der Waals surface area contributed by atoms with Crippen molar-refractivity contribution in [3.8, 4) is 0 Å². The Balaban J connectivity index is 1.84. The zero-order valence-electron chi connectivity index (χ0n) is 11.3. The summed E-state index contributed by atoms with van der Waals surface area (Å²) in [5.74, 6) is 1.33. The molecule has 2 fully saturated rings. The van der Waals surface area contributed by atoms with E-state index in [0.717, 1.165) is 25.2 Å². The number of fused-ring (bicyclic) bond motifs is 1. The van der Waals surface area contributed by atoms with Crippen LogP contribution < -0.4 is 5.32 Å². The van der Waals surface area contributed by atoms with Gasteiger partial charge in [-0.25, -0.2) is 0 Å². The summed E-state index contributed by atoms with van der Waals surface area (Å²) < 4.78 is 0. The predicted octanol–water partition coefficient (Wildman–Crippen LogP) is 2.33. The highest BCUT2D eigenvalue weighted by molar-refractivity contribution is 6.31. The van der Waals surface area contributed by atoms with Gasteiger partial charge in [0.05, 0.1) is 0 Å². The van der Waals surface area contributed by atoms with Gasteiger partial charge < -0.3 is 10.2 Å². The van der Waals surface area contributed by atoms with Crippen LogP contribution in [0.2, 0.25) is 5.02 Å². The molecule has 2 heterocycles. The average molecular weight is 279 g/mol. The molecule has 0 aliphatic carbocycles. The van der Waals surface area contributed by atoms with Crippen LogP contribution in [0.3, 0.4) is 0 Å². The Hall–Kier alpha value is -1.06. The van der Waals surface area contributed by atoms with Gasteiger partial charge >= 0.3 is 0 Å². The first-order chi connectivity index (χ1) is 9.06. The fourth-order valence-electron chi connectivity index (χ4n) is 3.46. The van der Waals surface area contributed by atoms with Crippen LogP contribution in [0.1, 0.15) is 22.8 Å². The van der Waals surface area contributed by atoms with Crippen LogP contribution in [-0.2, 0) is 0 Å². The number of halogens is 1. The van der Waals surface area contributed by atoms with Gasteiger partial charge in [-0.3, -0.25) is 4.79 Å². The molecule has 2 aliphatic heterocycles. The van der Waals surface area contributed by atoms with Crippen LogP contribution in [0.5, 0.6) is 0 Å². The van der Waals surface area contributed by atoms with Crippen LogP contribution in [-0.4, -0.2) is 36.5 Å². The van der Waals surface area contributed by atoms with Crippen LogP contribution >= 0.6 is 11.6 Å². The van der Waals surface area contributed by atoms with Gasteiger partial charge in [-0.05, 0) is 49.4 Å². The number of nitrogens with zero attached hydrogens (tertiary/aromatic N) is 1. The van der Waals surface area contributed by atoms with Gasteiger partial charge in [0.25, 0.3) is 5.91 Å². The molecule has 0 aromatic heterocycles. The first-order valence-corrected chi connectivity index (χ1v) is 7.23. The standard InChI is InChI=1S/C15H19ClN2O/c1-9-3-11(5-13(16)4-9)15(19)18-8-12-6-17-7-14(12)10(18)2/h3-5,10,12,14,17H,6-8H2,1-2H3. The summed E-state index contributed by atoms with van der Waals surface area (Å²) in [7, 11) is 0. The summed E-state index contributed by atoms with van der Waals surface area (Å²) >= 11 is 6.05. The fraction of sp³-hybridized carbons (Fsp3) is 0.533. The third-order valence-corrected chi connectivity index (χ3v) is 4.70. The Kier molecular flexibility index (Phi) is 3.27. The molecule has 0 saturated carbocycles. The van der Waals surface area contributed by atoms with E-state index < -0.39 is 0 Å². The molecule has 1 amide bonds. The Labute approximate surface area is 118 Å². The Morgan fingerprint density at radius 1 is 1.37 bits per heavy atom. The van der Waals surface area contributed by atoms with Crippen molar-refractivity contribution in [1.82, 2.24) is 10.2 Å². The Morgan fingerprint density at radius 2 is 2.16 bits per heavy atom. The highest BCUT2D eigenvalue weighted by Crippen LogP contribution is 2.33. The lowest BCUT2D eigenvalue weighted by atomic mass is 9.95. The van der Waals surface area contributed by atoms with E-state index in [1.807, 2.05) is 24.0 Å². The number of hydrogen-bond acceptors (Lipinski definition) is 2. The molecule has 0 bridgehead atoms. The minimum atomic E-state index is 0.118. The highest BCUT2D eigenvalue weighted by Gasteiger charge is 2.43. The first-order valence-electron chi connectivity index (χ1n) is 6.85. The predicted molar refractivity (Wildman–Crippen MR) is 76.5 cm³/mol. The fourth-order valence-corrected chi connectivity index (χ4v) is 3.75. The SMILES string of the molecule is Cc1cc(Cl)cc(C(=O)N2CC3CNCC3C2C)c1. The van der Waals surface area contributed by atoms with E-state index in [1.165, 1.54) is 0 Å². The van der Waals surface area contributed by atoms with Crippen LogP contribution in [0, 0.1) is 18.8 Å². The highest BCUT2D eigenvalue weighted by atomic mass is 35.5. The number of likely N-dealkylation sites (tertiary alicyclic amines) is 1. The molecular formula is C15H19ClN2O. The Bertz CT molecular complexity index is 497. The van der Waals surface area contributed by atoms with E-state index in [1.54, 1.807) is 6.07 Å². The second kappa shape index (κ2) is 4.80. The van der Waals surface area contributed by atoms with E-state index in [9.17, 15) is 4.79 Å². The third-order valence-electron chi connectivity index (χ3n) is 4.48. The summed E-state index contributed by atoms with van der Waals surface area (Å²) in [6, 6.07) is 5.89. The van der Waals surface area contributed by atoms with Crippen molar-refractivity contribution >= 4 is 17.5 Å². The van der Waals surface area contributed by atoms with Gasteiger partial charge in [0.15, 0.2) is 0 Å². The molecule has 3 atom stereocenters. The molecule has 0 radical (unpaired) electrons. The van der Waals surface area contributed by atoms with Gasteiger partial charge in [-0.2, -0.15) is 0 Å². The molecule has 0 spiro atoms. The minimum Gasteiger partial charge on any atom is -0.335 e. The van der Waals surface area contributed by atoms with Crippen molar-refractivity contribution in [3.63, 3.8) is 0 Å². The van der Waals surface area contributed by atoms with E-state index in [0.29, 0.717) is 28.5 Å². The van der Waals surface area contributed by atoms with Gasteiger partial charge in [0, 0.05) is 36.3 Å². The number of aryl methyl sites for hydroxylation is 1. The number of benzene rings is 1. The molecular weight excluding hydrogens is 260 g/mol. The number of amides is 1. The quantitative estimate of drug-likeness (QED) is 0.855. The maximum atomic E-state index is 12.6. The average Bonchev–Trinajstić information content (AvgIpc) is 2.91. The smallest absolute Gasteiger partial charge is 0.254 e. The molecule has 1 aromatic rings. The van der Waals surface area contributed by atoms with Crippen molar-refractivity contribution in [2.75, 3.05) is 19.6 Å². The molecule has 2 saturated heterocycles. The lowest BCUT2D eigenvalue weighted by Gasteiger charge is -2.24. The van der Waals surface area contributed by atoms with E-state index >= 15 is 0 Å². The molecule has 3 nitrogen and oxygen atoms in total. The maximum absolute atomic E-state index is 12.6. The number of nitrogens with one attached hydrogen (secondary N) is 1. The summed E-state index contributed by atoms with van der Waals surface area (Å²) in [5.41, 5.74) is 1.74. The Morgan fingerprint density at radius 3 is 2.84 bits per heavy atom. The normalized spacial score (nSPS) is 29.6. The summed E-state index contributed by atoms with van der Waals surface area (Å²) in [6.45, 7) is 7.06. The zero-order valence-corrected chi connectivity index (χ0v) is 12.1. The summed E-state index contributed by atoms with van der Waals surface area (Å²) in [6.07, 6.45) is 0. The van der Waals surface area contributed by atoms with E-state index in [2.05, 4.69) is 12.2 Å². The zero-order chi connectivity index (χ0) is 13.6. The van der Waals surface area contributed by atoms with Gasteiger partial charge in [-0.1, -0.05) is 11.6 Å².